The molecule has 1 saturated heterocycles. The number of rotatable bonds is 4. The smallest absolute Gasteiger partial charge is 0.226 e. The number of benzene rings is 1. The van der Waals surface area contributed by atoms with Crippen LogP contribution in [0.25, 0.3) is 0 Å². The Morgan fingerprint density at radius 2 is 1.79 bits per heavy atom. The van der Waals surface area contributed by atoms with E-state index in [4.69, 9.17) is 11.6 Å². The standard InChI is InChI=1S/C19H23ClN2O2/c20-17-4-2-1-3-14(17)15-11-16(15)19(24)22-9-7-13(8-10-22)21-18(23)12-5-6-12/h1-4,12-13,15-16H,5-11H2,(H,21,23). The lowest BCUT2D eigenvalue weighted by molar-refractivity contribution is -0.133. The van der Waals surface area contributed by atoms with E-state index in [2.05, 4.69) is 5.32 Å². The topological polar surface area (TPSA) is 49.4 Å². The number of hydrogen-bond donors (Lipinski definition) is 1. The van der Waals surface area contributed by atoms with Gasteiger partial charge in [0.05, 0.1) is 0 Å². The van der Waals surface area contributed by atoms with Crippen molar-refractivity contribution in [3.05, 3.63) is 34.9 Å². The van der Waals surface area contributed by atoms with Gasteiger partial charge < -0.3 is 10.2 Å². The highest BCUT2D eigenvalue weighted by atomic mass is 35.5. The van der Waals surface area contributed by atoms with Crippen molar-refractivity contribution in [3.63, 3.8) is 0 Å². The molecule has 2 aliphatic carbocycles. The largest absolute Gasteiger partial charge is 0.353 e. The van der Waals surface area contributed by atoms with Gasteiger partial charge in [-0.05, 0) is 49.7 Å². The van der Waals surface area contributed by atoms with Crippen LogP contribution in [0.4, 0.5) is 0 Å². The fourth-order valence-corrected chi connectivity index (χ4v) is 4.01. The van der Waals surface area contributed by atoms with Crippen LogP contribution in [0, 0.1) is 11.8 Å². The zero-order valence-electron chi connectivity index (χ0n) is 13.7. The summed E-state index contributed by atoms with van der Waals surface area (Å²) in [6.45, 7) is 1.50. The van der Waals surface area contributed by atoms with Gasteiger partial charge in [0.15, 0.2) is 0 Å². The summed E-state index contributed by atoms with van der Waals surface area (Å²) in [5.74, 6) is 1.08. The normalized spacial score (nSPS) is 27.0. The molecule has 1 heterocycles. The van der Waals surface area contributed by atoms with Gasteiger partial charge in [-0.3, -0.25) is 9.59 Å². The van der Waals surface area contributed by atoms with E-state index in [0.717, 1.165) is 55.8 Å². The van der Waals surface area contributed by atoms with Crippen molar-refractivity contribution >= 4 is 23.4 Å². The summed E-state index contributed by atoms with van der Waals surface area (Å²) in [6, 6.07) is 8.06. The van der Waals surface area contributed by atoms with Gasteiger partial charge in [0.1, 0.15) is 0 Å². The van der Waals surface area contributed by atoms with Gasteiger partial charge in [-0.15, -0.1) is 0 Å². The fraction of sp³-hybridized carbons (Fsp3) is 0.579. The Morgan fingerprint density at radius 3 is 2.46 bits per heavy atom. The maximum absolute atomic E-state index is 12.7. The maximum atomic E-state index is 12.7. The molecule has 0 aromatic heterocycles. The quantitative estimate of drug-likeness (QED) is 0.911. The molecule has 2 atom stereocenters. The Bertz CT molecular complexity index is 651. The van der Waals surface area contributed by atoms with Crippen LogP contribution in [-0.2, 0) is 9.59 Å². The number of nitrogens with zero attached hydrogens (tertiary/aromatic N) is 1. The van der Waals surface area contributed by atoms with Crippen LogP contribution in [0.2, 0.25) is 5.02 Å². The summed E-state index contributed by atoms with van der Waals surface area (Å²) in [6.07, 6.45) is 4.71. The third-order valence-corrected chi connectivity index (χ3v) is 5.86. The minimum Gasteiger partial charge on any atom is -0.353 e. The molecule has 4 nitrogen and oxygen atoms in total. The lowest BCUT2D eigenvalue weighted by Crippen LogP contribution is -2.47. The number of carbonyl (C=O) groups excluding carboxylic acids is 2. The molecule has 1 aliphatic heterocycles. The molecule has 0 radical (unpaired) electrons. The molecule has 5 heteroatoms. The number of nitrogens with one attached hydrogen (secondary N) is 1. The summed E-state index contributed by atoms with van der Waals surface area (Å²) in [7, 11) is 0. The van der Waals surface area contributed by atoms with E-state index in [-0.39, 0.29) is 35.6 Å². The van der Waals surface area contributed by atoms with Crippen LogP contribution in [0.1, 0.15) is 43.6 Å². The monoisotopic (exact) mass is 346 g/mol. The Balaban J connectivity index is 1.28. The summed E-state index contributed by atoms with van der Waals surface area (Å²) in [5.41, 5.74) is 1.10. The van der Waals surface area contributed by atoms with E-state index in [1.54, 1.807) is 0 Å². The van der Waals surface area contributed by atoms with E-state index in [0.29, 0.717) is 0 Å². The second kappa shape index (κ2) is 6.40. The molecule has 1 N–H and O–H groups in total. The van der Waals surface area contributed by atoms with Crippen molar-refractivity contribution in [1.29, 1.82) is 0 Å². The summed E-state index contributed by atoms with van der Waals surface area (Å²) >= 11 is 6.25. The molecule has 2 saturated carbocycles. The second-order valence-electron chi connectivity index (χ2n) is 7.35. The van der Waals surface area contributed by atoms with Crippen molar-refractivity contribution in [1.82, 2.24) is 10.2 Å². The third-order valence-electron chi connectivity index (χ3n) is 5.51. The molecule has 3 fully saturated rings. The molecule has 2 unspecified atom stereocenters. The molecule has 1 aromatic rings. The highest BCUT2D eigenvalue weighted by Gasteiger charge is 2.47. The highest BCUT2D eigenvalue weighted by Crippen LogP contribution is 2.50. The highest BCUT2D eigenvalue weighted by molar-refractivity contribution is 6.31. The molecule has 1 aromatic carbocycles. The average Bonchev–Trinajstić information content (AvgIpc) is 3.48. The van der Waals surface area contributed by atoms with Gasteiger partial charge in [-0.1, -0.05) is 29.8 Å². The first-order chi connectivity index (χ1) is 11.6. The number of hydrogen-bond acceptors (Lipinski definition) is 2. The molecule has 2 amide bonds. The van der Waals surface area contributed by atoms with E-state index in [9.17, 15) is 9.59 Å². The first-order valence-electron chi connectivity index (χ1n) is 8.97. The zero-order valence-corrected chi connectivity index (χ0v) is 14.5. The molecule has 0 spiro atoms. The van der Waals surface area contributed by atoms with Crippen LogP contribution < -0.4 is 5.32 Å². The average molecular weight is 347 g/mol. The number of carbonyl (C=O) groups is 2. The molecule has 0 bridgehead atoms. The maximum Gasteiger partial charge on any atom is 0.226 e. The number of likely N-dealkylation sites (tertiary alicyclic amines) is 1. The predicted molar refractivity (Wildman–Crippen MR) is 92.8 cm³/mol. The zero-order chi connectivity index (χ0) is 16.7. The molecular weight excluding hydrogens is 324 g/mol. The van der Waals surface area contributed by atoms with Gasteiger partial charge in [-0.2, -0.15) is 0 Å². The van der Waals surface area contributed by atoms with Crippen LogP contribution in [-0.4, -0.2) is 35.8 Å². The molecular formula is C19H23ClN2O2. The molecule has 4 rings (SSSR count). The van der Waals surface area contributed by atoms with Gasteiger partial charge in [0, 0.05) is 36.0 Å². The van der Waals surface area contributed by atoms with Crippen LogP contribution >= 0.6 is 11.6 Å². The minimum atomic E-state index is 0.0857. The van der Waals surface area contributed by atoms with Crippen molar-refractivity contribution in [2.24, 2.45) is 11.8 Å². The van der Waals surface area contributed by atoms with Crippen molar-refractivity contribution in [3.8, 4) is 0 Å². The van der Waals surface area contributed by atoms with E-state index < -0.39 is 0 Å². The summed E-state index contributed by atoms with van der Waals surface area (Å²) < 4.78 is 0. The number of piperidine rings is 1. The van der Waals surface area contributed by atoms with Crippen LogP contribution in [0.5, 0.6) is 0 Å². The van der Waals surface area contributed by atoms with E-state index in [1.165, 1.54) is 0 Å². The predicted octanol–water partition coefficient (Wildman–Crippen LogP) is 2.96. The van der Waals surface area contributed by atoms with E-state index in [1.807, 2.05) is 29.2 Å². The van der Waals surface area contributed by atoms with Gasteiger partial charge in [0.25, 0.3) is 0 Å². The molecule has 24 heavy (non-hydrogen) atoms. The van der Waals surface area contributed by atoms with Crippen molar-refractivity contribution in [2.45, 2.75) is 44.1 Å². The van der Waals surface area contributed by atoms with Crippen molar-refractivity contribution in [2.75, 3.05) is 13.1 Å². The van der Waals surface area contributed by atoms with Crippen molar-refractivity contribution < 1.29 is 9.59 Å². The fourth-order valence-electron chi connectivity index (χ4n) is 3.73. The second-order valence-corrected chi connectivity index (χ2v) is 7.76. The lowest BCUT2D eigenvalue weighted by atomic mass is 10.0. The number of amides is 2. The van der Waals surface area contributed by atoms with Crippen LogP contribution in [0.15, 0.2) is 24.3 Å². The minimum absolute atomic E-state index is 0.0857. The SMILES string of the molecule is O=C(NC1CCN(C(=O)C2CC2c2ccccc2Cl)CC1)C1CC1. The molecule has 3 aliphatic rings. The Labute approximate surface area is 147 Å². The first-order valence-corrected chi connectivity index (χ1v) is 9.35. The first kappa shape index (κ1) is 15.9. The summed E-state index contributed by atoms with van der Waals surface area (Å²) in [4.78, 5) is 26.5. The lowest BCUT2D eigenvalue weighted by Gasteiger charge is -2.32. The van der Waals surface area contributed by atoms with Gasteiger partial charge in [-0.25, -0.2) is 0 Å². The Morgan fingerprint density at radius 1 is 1.08 bits per heavy atom. The van der Waals surface area contributed by atoms with E-state index >= 15 is 0 Å². The van der Waals surface area contributed by atoms with Crippen LogP contribution in [0.3, 0.4) is 0 Å². The Kier molecular flexibility index (Phi) is 4.25. The summed E-state index contributed by atoms with van der Waals surface area (Å²) in [5, 5.41) is 3.90. The van der Waals surface area contributed by atoms with Gasteiger partial charge in [0.2, 0.25) is 11.8 Å². The molecule has 128 valence electrons. The third kappa shape index (κ3) is 3.30. The van der Waals surface area contributed by atoms with Gasteiger partial charge >= 0.3 is 0 Å². The Hall–Kier alpha value is -1.55. The number of halogens is 1.